The molecule has 1 rings (SSSR count). The van der Waals surface area contributed by atoms with Crippen molar-refractivity contribution in [3.8, 4) is 0 Å². The Morgan fingerprint density at radius 3 is 2.61 bits per heavy atom. The van der Waals surface area contributed by atoms with Gasteiger partial charge in [0.1, 0.15) is 5.82 Å². The molecule has 0 amide bonds. The first-order chi connectivity index (χ1) is 8.49. The second kappa shape index (κ2) is 6.55. The predicted octanol–water partition coefficient (Wildman–Crippen LogP) is 2.82. The van der Waals surface area contributed by atoms with Gasteiger partial charge >= 0.3 is 0 Å². The number of hydrogen-bond acceptors (Lipinski definition) is 3. The average molecular weight is 247 g/mol. The van der Waals surface area contributed by atoms with E-state index < -0.39 is 0 Å². The number of aromatic nitrogens is 1. The van der Waals surface area contributed by atoms with Crippen molar-refractivity contribution in [1.29, 1.82) is 0 Å². The van der Waals surface area contributed by atoms with Gasteiger partial charge in [-0.2, -0.15) is 0 Å². The zero-order valence-electron chi connectivity index (χ0n) is 12.3. The summed E-state index contributed by atoms with van der Waals surface area (Å²) in [6, 6.07) is 2.14. The molecule has 1 aromatic heterocycles. The van der Waals surface area contributed by atoms with Crippen molar-refractivity contribution in [3.63, 3.8) is 0 Å². The lowest BCUT2D eigenvalue weighted by Crippen LogP contribution is -2.28. The first-order valence-electron chi connectivity index (χ1n) is 6.50. The highest BCUT2D eigenvalue weighted by Gasteiger charge is 2.14. The lowest BCUT2D eigenvalue weighted by atomic mass is 10.1. The van der Waals surface area contributed by atoms with Crippen molar-refractivity contribution < 1.29 is 0 Å². The molecule has 1 N–H and O–H groups in total. The van der Waals surface area contributed by atoms with E-state index in [0.29, 0.717) is 0 Å². The first-order valence-corrected chi connectivity index (χ1v) is 6.50. The molecule has 100 valence electrons. The number of aryl methyl sites for hydroxylation is 2. The first kappa shape index (κ1) is 14.7. The normalized spacial score (nSPS) is 10.5. The van der Waals surface area contributed by atoms with Gasteiger partial charge in [0.05, 0.1) is 0 Å². The van der Waals surface area contributed by atoms with Crippen molar-refractivity contribution in [3.05, 3.63) is 35.0 Å². The molecule has 0 atom stereocenters. The molecular formula is C15H25N3. The van der Waals surface area contributed by atoms with Crippen LogP contribution in [0.3, 0.4) is 0 Å². The molecule has 0 saturated carbocycles. The SMILES string of the molecule is C=C(C)CN(CC)c1nc(C)cc(C)c1CNC. The smallest absolute Gasteiger partial charge is 0.133 e. The van der Waals surface area contributed by atoms with Crippen LogP contribution < -0.4 is 10.2 Å². The highest BCUT2D eigenvalue weighted by molar-refractivity contribution is 5.52. The molecule has 0 saturated heterocycles. The molecule has 3 nitrogen and oxygen atoms in total. The lowest BCUT2D eigenvalue weighted by Gasteiger charge is -2.26. The quantitative estimate of drug-likeness (QED) is 0.784. The van der Waals surface area contributed by atoms with Crippen LogP contribution in [-0.2, 0) is 6.54 Å². The van der Waals surface area contributed by atoms with E-state index in [0.717, 1.165) is 36.7 Å². The van der Waals surface area contributed by atoms with Crippen LogP contribution in [0.2, 0.25) is 0 Å². The number of hydrogen-bond donors (Lipinski definition) is 1. The summed E-state index contributed by atoms with van der Waals surface area (Å²) >= 11 is 0. The van der Waals surface area contributed by atoms with Gasteiger partial charge in [0.15, 0.2) is 0 Å². The Balaban J connectivity index is 3.21. The fourth-order valence-electron chi connectivity index (χ4n) is 2.16. The van der Waals surface area contributed by atoms with Gasteiger partial charge in [0, 0.05) is 30.9 Å². The van der Waals surface area contributed by atoms with Gasteiger partial charge in [-0.05, 0) is 46.4 Å². The molecule has 0 spiro atoms. The largest absolute Gasteiger partial charge is 0.353 e. The van der Waals surface area contributed by atoms with E-state index in [1.807, 2.05) is 14.0 Å². The van der Waals surface area contributed by atoms with E-state index in [9.17, 15) is 0 Å². The van der Waals surface area contributed by atoms with Crippen LogP contribution in [0.1, 0.15) is 30.7 Å². The molecule has 0 unspecified atom stereocenters. The van der Waals surface area contributed by atoms with E-state index in [-0.39, 0.29) is 0 Å². The highest BCUT2D eigenvalue weighted by Crippen LogP contribution is 2.23. The number of pyridine rings is 1. The molecule has 18 heavy (non-hydrogen) atoms. The van der Waals surface area contributed by atoms with Crippen LogP contribution in [0.25, 0.3) is 0 Å². The molecule has 0 fully saturated rings. The molecular weight excluding hydrogens is 222 g/mol. The second-order valence-corrected chi connectivity index (χ2v) is 4.88. The van der Waals surface area contributed by atoms with E-state index in [4.69, 9.17) is 4.98 Å². The fourth-order valence-corrected chi connectivity index (χ4v) is 2.16. The maximum absolute atomic E-state index is 4.72. The Bertz CT molecular complexity index is 424. The third-order valence-electron chi connectivity index (χ3n) is 2.95. The van der Waals surface area contributed by atoms with Crippen LogP contribution in [0.5, 0.6) is 0 Å². The molecule has 3 heteroatoms. The zero-order valence-corrected chi connectivity index (χ0v) is 12.3. The van der Waals surface area contributed by atoms with Crippen molar-refractivity contribution in [2.24, 2.45) is 0 Å². The topological polar surface area (TPSA) is 28.2 Å². The maximum atomic E-state index is 4.72. The number of nitrogens with zero attached hydrogens (tertiary/aromatic N) is 2. The van der Waals surface area contributed by atoms with Crippen LogP contribution >= 0.6 is 0 Å². The summed E-state index contributed by atoms with van der Waals surface area (Å²) in [5, 5.41) is 3.23. The number of anilines is 1. The van der Waals surface area contributed by atoms with Gasteiger partial charge in [-0.3, -0.25) is 0 Å². The van der Waals surface area contributed by atoms with E-state index in [1.165, 1.54) is 11.1 Å². The van der Waals surface area contributed by atoms with Gasteiger partial charge in [0.2, 0.25) is 0 Å². The van der Waals surface area contributed by atoms with Crippen LogP contribution in [-0.4, -0.2) is 25.1 Å². The monoisotopic (exact) mass is 247 g/mol. The van der Waals surface area contributed by atoms with Gasteiger partial charge in [0.25, 0.3) is 0 Å². The van der Waals surface area contributed by atoms with Gasteiger partial charge in [-0.1, -0.05) is 12.2 Å². The second-order valence-electron chi connectivity index (χ2n) is 4.88. The predicted molar refractivity (Wildman–Crippen MR) is 79.2 cm³/mol. The van der Waals surface area contributed by atoms with Crippen molar-refractivity contribution >= 4 is 5.82 Å². The van der Waals surface area contributed by atoms with Crippen molar-refractivity contribution in [1.82, 2.24) is 10.3 Å². The van der Waals surface area contributed by atoms with E-state index in [1.54, 1.807) is 0 Å². The summed E-state index contributed by atoms with van der Waals surface area (Å²) in [5.74, 6) is 1.09. The summed E-state index contributed by atoms with van der Waals surface area (Å²) in [4.78, 5) is 7.01. The Labute approximate surface area is 111 Å². The fraction of sp³-hybridized carbons (Fsp3) is 0.533. The van der Waals surface area contributed by atoms with Crippen LogP contribution in [0.4, 0.5) is 5.82 Å². The standard InChI is InChI=1S/C15H25N3/c1-7-18(10-11(2)3)15-14(9-16-6)12(4)8-13(5)17-15/h8,16H,2,7,9-10H2,1,3-6H3. The molecule has 0 aliphatic heterocycles. The summed E-state index contributed by atoms with van der Waals surface area (Å²) in [7, 11) is 1.97. The molecule has 0 aromatic carbocycles. The average Bonchev–Trinajstić information content (AvgIpc) is 2.29. The summed E-state index contributed by atoms with van der Waals surface area (Å²) in [6.45, 7) is 15.1. The van der Waals surface area contributed by atoms with Crippen molar-refractivity contribution in [2.45, 2.75) is 34.2 Å². The number of nitrogens with one attached hydrogen (secondary N) is 1. The van der Waals surface area contributed by atoms with E-state index in [2.05, 4.69) is 43.6 Å². The molecule has 1 aromatic rings. The van der Waals surface area contributed by atoms with E-state index >= 15 is 0 Å². The Morgan fingerprint density at radius 1 is 1.44 bits per heavy atom. The Hall–Kier alpha value is -1.35. The lowest BCUT2D eigenvalue weighted by molar-refractivity contribution is 0.779. The molecule has 0 radical (unpaired) electrons. The zero-order chi connectivity index (χ0) is 13.7. The Kier molecular flexibility index (Phi) is 5.35. The van der Waals surface area contributed by atoms with Crippen LogP contribution in [0, 0.1) is 13.8 Å². The Morgan fingerprint density at radius 2 is 2.11 bits per heavy atom. The highest BCUT2D eigenvalue weighted by atomic mass is 15.2. The number of likely N-dealkylation sites (N-methyl/N-ethyl adjacent to an activating group) is 1. The summed E-state index contributed by atoms with van der Waals surface area (Å²) in [6.07, 6.45) is 0. The molecule has 0 aliphatic rings. The maximum Gasteiger partial charge on any atom is 0.133 e. The molecule has 0 aliphatic carbocycles. The molecule has 1 heterocycles. The minimum Gasteiger partial charge on any atom is -0.353 e. The third-order valence-corrected chi connectivity index (χ3v) is 2.95. The van der Waals surface area contributed by atoms with Gasteiger partial charge < -0.3 is 10.2 Å². The minimum absolute atomic E-state index is 0.848. The van der Waals surface area contributed by atoms with Crippen LogP contribution in [0.15, 0.2) is 18.2 Å². The molecule has 0 bridgehead atoms. The van der Waals surface area contributed by atoms with Crippen molar-refractivity contribution in [2.75, 3.05) is 25.0 Å². The van der Waals surface area contributed by atoms with Gasteiger partial charge in [-0.25, -0.2) is 4.98 Å². The summed E-state index contributed by atoms with van der Waals surface area (Å²) in [5.41, 5.74) is 4.81. The third kappa shape index (κ3) is 3.57. The van der Waals surface area contributed by atoms with Gasteiger partial charge in [-0.15, -0.1) is 0 Å². The number of rotatable bonds is 6. The summed E-state index contributed by atoms with van der Waals surface area (Å²) < 4.78 is 0. The minimum atomic E-state index is 0.848.